The number of rotatable bonds is 6. The number of nitrogens with two attached hydrogens (primary N) is 2. The lowest BCUT2D eigenvalue weighted by atomic mass is 10.1. The summed E-state index contributed by atoms with van der Waals surface area (Å²) in [5.74, 6) is 0.793. The smallest absolute Gasteiger partial charge is 0.292 e. The Morgan fingerprint density at radius 3 is 2.56 bits per heavy atom. The number of aryl methyl sites for hydroxylation is 3. The van der Waals surface area contributed by atoms with Crippen molar-refractivity contribution in [3.05, 3.63) is 112 Å². The molecule has 10 nitrogen and oxygen atoms in total. The van der Waals surface area contributed by atoms with Gasteiger partial charge in [-0.3, -0.25) is 9.36 Å². The molecule has 0 aliphatic heterocycles. The number of fused-ring (bicyclic) bond motifs is 2. The van der Waals surface area contributed by atoms with Crippen LogP contribution in [0.5, 0.6) is 0 Å². The third-order valence-electron chi connectivity index (χ3n) is 7.15. The van der Waals surface area contributed by atoms with Crippen molar-refractivity contribution in [1.82, 2.24) is 29.3 Å². The minimum absolute atomic E-state index is 0.0883. The van der Waals surface area contributed by atoms with Crippen LogP contribution in [-0.4, -0.2) is 29.3 Å². The minimum Gasteiger partial charge on any atom is -0.424 e. The fourth-order valence-electron chi connectivity index (χ4n) is 5.14. The topological polar surface area (TPSA) is 144 Å². The maximum Gasteiger partial charge on any atom is 0.292 e. The lowest BCUT2D eigenvalue weighted by Crippen LogP contribution is -2.25. The molecule has 10 heteroatoms. The van der Waals surface area contributed by atoms with E-state index in [2.05, 4.69) is 21.5 Å². The highest BCUT2D eigenvalue weighted by Crippen LogP contribution is 2.29. The molecular formula is C31H28N8O2. The molecule has 0 unspecified atom stereocenters. The molecule has 4 N–H and O–H groups in total. The van der Waals surface area contributed by atoms with E-state index in [1.54, 1.807) is 28.3 Å². The first-order chi connectivity index (χ1) is 19.7. The number of anilines is 2. The van der Waals surface area contributed by atoms with Gasteiger partial charge in [0.1, 0.15) is 17.8 Å². The molecule has 6 rings (SSSR count). The van der Waals surface area contributed by atoms with Crippen molar-refractivity contribution in [1.29, 1.82) is 0 Å². The van der Waals surface area contributed by atoms with Gasteiger partial charge in [0.25, 0.3) is 11.6 Å². The van der Waals surface area contributed by atoms with E-state index < -0.39 is 0 Å². The van der Waals surface area contributed by atoms with Crippen molar-refractivity contribution >= 4 is 45.3 Å². The Hall–Kier alpha value is -5.51. The summed E-state index contributed by atoms with van der Waals surface area (Å²) in [5, 5.41) is 6.97. The number of para-hydroxylation sites is 1. The highest BCUT2D eigenvalue weighted by molar-refractivity contribution is 5.97. The normalized spacial score (nSPS) is 11.7. The number of oxazole rings is 1. The van der Waals surface area contributed by atoms with E-state index in [1.807, 2.05) is 62.4 Å². The number of allylic oxidation sites excluding steroid dienone is 2. The van der Waals surface area contributed by atoms with E-state index >= 15 is 0 Å². The predicted octanol–water partition coefficient (Wildman–Crippen LogP) is 4.98. The van der Waals surface area contributed by atoms with Gasteiger partial charge in [-0.25, -0.2) is 14.6 Å². The Bertz CT molecular complexity index is 2080. The van der Waals surface area contributed by atoms with E-state index in [0.29, 0.717) is 39.1 Å². The van der Waals surface area contributed by atoms with Gasteiger partial charge in [0.15, 0.2) is 11.4 Å². The first kappa shape index (κ1) is 25.8. The summed E-state index contributed by atoms with van der Waals surface area (Å²) in [5.41, 5.74) is 17.6. The number of aromatic nitrogens is 6. The third-order valence-corrected chi connectivity index (χ3v) is 7.15. The zero-order chi connectivity index (χ0) is 28.8. The first-order valence-electron chi connectivity index (χ1n) is 13.0. The lowest BCUT2D eigenvalue weighted by Gasteiger charge is -2.17. The molecule has 4 aromatic heterocycles. The van der Waals surface area contributed by atoms with Crippen LogP contribution in [0.1, 0.15) is 34.0 Å². The Kier molecular flexibility index (Phi) is 6.22. The van der Waals surface area contributed by atoms with E-state index in [-0.39, 0.29) is 23.9 Å². The Morgan fingerprint density at radius 2 is 1.80 bits per heavy atom. The summed E-state index contributed by atoms with van der Waals surface area (Å²) in [6.07, 6.45) is 4.89. The van der Waals surface area contributed by atoms with Crippen LogP contribution in [0.4, 0.5) is 11.8 Å². The highest BCUT2D eigenvalue weighted by Gasteiger charge is 2.20. The molecule has 0 bridgehead atoms. The van der Waals surface area contributed by atoms with Crippen LogP contribution in [-0.2, 0) is 6.54 Å². The predicted molar refractivity (Wildman–Crippen MR) is 162 cm³/mol. The fourth-order valence-corrected chi connectivity index (χ4v) is 5.14. The SMILES string of the molecule is C=C(/C=C\c1oc(N)nc1C)c1nn(Cc2cc3cccc(C)c3c(=O)n2-c2ccccc2C)c2ncnc(N)c12. The van der Waals surface area contributed by atoms with Crippen molar-refractivity contribution in [2.24, 2.45) is 0 Å². The number of hydrogen-bond donors (Lipinski definition) is 2. The first-order valence-corrected chi connectivity index (χ1v) is 13.0. The summed E-state index contributed by atoms with van der Waals surface area (Å²) < 4.78 is 8.93. The molecule has 41 heavy (non-hydrogen) atoms. The van der Waals surface area contributed by atoms with E-state index in [4.69, 9.17) is 21.0 Å². The summed E-state index contributed by atoms with van der Waals surface area (Å²) >= 11 is 0. The number of nitrogens with zero attached hydrogens (tertiary/aromatic N) is 6. The van der Waals surface area contributed by atoms with Crippen molar-refractivity contribution in [2.45, 2.75) is 27.3 Å². The number of benzene rings is 2. The largest absolute Gasteiger partial charge is 0.424 e. The van der Waals surface area contributed by atoms with Gasteiger partial charge >= 0.3 is 0 Å². The molecule has 0 saturated carbocycles. The summed E-state index contributed by atoms with van der Waals surface area (Å²) in [4.78, 5) is 26.8. The van der Waals surface area contributed by atoms with Gasteiger partial charge in [-0.2, -0.15) is 10.1 Å². The quantitative estimate of drug-likeness (QED) is 0.279. The standard InChI is InChI=1S/C31H28N8O2/c1-17-8-5-6-11-23(17)39-22(14-21-10-7-9-18(2)25(21)30(39)40)15-38-29-26(28(32)34-16-35-29)27(37-38)19(3)12-13-24-20(4)36-31(33)41-24/h5-14,16H,3,15H2,1-2,4H3,(H2,33,36)(H2,32,34,35)/b13-12-. The van der Waals surface area contributed by atoms with Crippen LogP contribution in [0.2, 0.25) is 0 Å². The lowest BCUT2D eigenvalue weighted by molar-refractivity contribution is 0.569. The van der Waals surface area contributed by atoms with Crippen molar-refractivity contribution in [3.8, 4) is 5.69 Å². The van der Waals surface area contributed by atoms with Crippen LogP contribution < -0.4 is 17.0 Å². The van der Waals surface area contributed by atoms with Gasteiger partial charge in [0, 0.05) is 5.69 Å². The summed E-state index contributed by atoms with van der Waals surface area (Å²) in [6.45, 7) is 10.2. The average Bonchev–Trinajstić information content (AvgIpc) is 3.47. The monoisotopic (exact) mass is 544 g/mol. The van der Waals surface area contributed by atoms with Crippen molar-refractivity contribution < 1.29 is 4.42 Å². The zero-order valence-electron chi connectivity index (χ0n) is 22.9. The summed E-state index contributed by atoms with van der Waals surface area (Å²) in [7, 11) is 0. The summed E-state index contributed by atoms with van der Waals surface area (Å²) in [6, 6.07) is 15.8. The average molecular weight is 545 g/mol. The third kappa shape index (κ3) is 4.45. The van der Waals surface area contributed by atoms with Crippen LogP contribution in [0.3, 0.4) is 0 Å². The number of hydrogen-bond acceptors (Lipinski definition) is 8. The second-order valence-electron chi connectivity index (χ2n) is 9.93. The van der Waals surface area contributed by atoms with Crippen LogP contribution in [0, 0.1) is 20.8 Å². The molecule has 0 spiro atoms. The van der Waals surface area contributed by atoms with Crippen molar-refractivity contribution in [2.75, 3.05) is 11.5 Å². The van der Waals surface area contributed by atoms with Gasteiger partial charge < -0.3 is 15.9 Å². The van der Waals surface area contributed by atoms with Crippen LogP contribution in [0.25, 0.3) is 39.1 Å². The molecule has 4 heterocycles. The van der Waals surface area contributed by atoms with E-state index in [1.165, 1.54) is 6.33 Å². The molecule has 2 aromatic carbocycles. The van der Waals surface area contributed by atoms with Gasteiger partial charge in [-0.1, -0.05) is 43.0 Å². The Morgan fingerprint density at radius 1 is 1.02 bits per heavy atom. The van der Waals surface area contributed by atoms with Gasteiger partial charge in [0.05, 0.1) is 28.7 Å². The van der Waals surface area contributed by atoms with Gasteiger partial charge in [-0.05, 0) is 67.1 Å². The number of nitrogen functional groups attached to an aromatic ring is 2. The molecular weight excluding hydrogens is 516 g/mol. The van der Waals surface area contributed by atoms with Crippen molar-refractivity contribution in [3.63, 3.8) is 0 Å². The zero-order valence-corrected chi connectivity index (χ0v) is 22.9. The molecule has 0 aliphatic rings. The number of pyridine rings is 1. The maximum atomic E-state index is 14.0. The molecule has 0 saturated heterocycles. The Balaban J connectivity index is 1.52. The van der Waals surface area contributed by atoms with Gasteiger partial charge in [-0.15, -0.1) is 0 Å². The second-order valence-corrected chi connectivity index (χ2v) is 9.93. The van der Waals surface area contributed by atoms with Crippen LogP contribution in [0.15, 0.2) is 76.7 Å². The van der Waals surface area contributed by atoms with E-state index in [0.717, 1.165) is 27.9 Å². The maximum absolute atomic E-state index is 14.0. The molecule has 0 amide bonds. The fraction of sp³-hybridized carbons (Fsp3) is 0.129. The highest BCUT2D eigenvalue weighted by atomic mass is 16.4. The van der Waals surface area contributed by atoms with Gasteiger partial charge in [0.2, 0.25) is 0 Å². The molecule has 0 atom stereocenters. The molecule has 0 radical (unpaired) electrons. The molecule has 0 aliphatic carbocycles. The minimum atomic E-state index is -0.0928. The van der Waals surface area contributed by atoms with E-state index in [9.17, 15) is 4.79 Å². The Labute approximate surface area is 235 Å². The second kappa shape index (κ2) is 9.91. The van der Waals surface area contributed by atoms with Crippen LogP contribution >= 0.6 is 0 Å². The molecule has 6 aromatic rings. The molecule has 204 valence electrons. The molecule has 0 fully saturated rings.